The van der Waals surface area contributed by atoms with Crippen LogP contribution in [0.5, 0.6) is 0 Å². The molecule has 22 heavy (non-hydrogen) atoms. The number of rotatable bonds is 5. The second-order valence-corrected chi connectivity index (χ2v) is 4.33. The molecule has 1 aromatic carbocycles. The van der Waals surface area contributed by atoms with Crippen molar-refractivity contribution in [1.29, 1.82) is 0 Å². The summed E-state index contributed by atoms with van der Waals surface area (Å²) in [7, 11) is 0. The monoisotopic (exact) mass is 308 g/mol. The van der Waals surface area contributed by atoms with Gasteiger partial charge in [-0.05, 0) is 0 Å². The quantitative estimate of drug-likeness (QED) is 0.650. The first-order valence-corrected chi connectivity index (χ1v) is 6.30. The van der Waals surface area contributed by atoms with Crippen LogP contribution >= 0.6 is 0 Å². The molecule has 0 aliphatic heterocycles. The van der Waals surface area contributed by atoms with Crippen molar-refractivity contribution in [2.75, 3.05) is 6.79 Å². The fourth-order valence-electron chi connectivity index (χ4n) is 1.77. The summed E-state index contributed by atoms with van der Waals surface area (Å²) in [6.07, 6.45) is -0.313. The van der Waals surface area contributed by atoms with Crippen LogP contribution in [-0.4, -0.2) is 22.3 Å². The summed E-state index contributed by atoms with van der Waals surface area (Å²) in [5.74, 6) is -1.69. The lowest BCUT2D eigenvalue weighted by Crippen LogP contribution is -2.35. The van der Waals surface area contributed by atoms with Gasteiger partial charge in [-0.2, -0.15) is 4.39 Å². The van der Waals surface area contributed by atoms with E-state index in [9.17, 15) is 18.8 Å². The van der Waals surface area contributed by atoms with E-state index in [1.165, 1.54) is 6.92 Å². The normalized spacial score (nSPS) is 11.9. The van der Waals surface area contributed by atoms with Crippen molar-refractivity contribution in [2.24, 2.45) is 0 Å². The van der Waals surface area contributed by atoms with Gasteiger partial charge in [-0.1, -0.05) is 30.3 Å². The molecule has 1 unspecified atom stereocenters. The number of ether oxygens (including phenoxy) is 2. The van der Waals surface area contributed by atoms with Gasteiger partial charge in [-0.25, -0.2) is 4.79 Å². The summed E-state index contributed by atoms with van der Waals surface area (Å²) in [4.78, 5) is 35.6. The van der Waals surface area contributed by atoms with Gasteiger partial charge in [0.05, 0.1) is 6.20 Å². The molecule has 1 aromatic heterocycles. The minimum absolute atomic E-state index is 0.428. The van der Waals surface area contributed by atoms with Crippen molar-refractivity contribution in [3.63, 3.8) is 0 Å². The van der Waals surface area contributed by atoms with Crippen molar-refractivity contribution in [3.8, 4) is 0 Å². The number of carbonyl (C=O) groups excluding carboxylic acids is 1. The van der Waals surface area contributed by atoms with Gasteiger partial charge >= 0.3 is 11.7 Å². The van der Waals surface area contributed by atoms with E-state index >= 15 is 0 Å². The van der Waals surface area contributed by atoms with Crippen LogP contribution in [0.2, 0.25) is 0 Å². The number of hydrogen-bond acceptors (Lipinski definition) is 5. The Labute approximate surface area is 123 Å². The molecular weight excluding hydrogens is 295 g/mol. The van der Waals surface area contributed by atoms with Gasteiger partial charge < -0.3 is 9.47 Å². The predicted octanol–water partition coefficient (Wildman–Crippen LogP) is 0.760. The predicted molar refractivity (Wildman–Crippen MR) is 73.6 cm³/mol. The SMILES string of the molecule is CC(=O)OCOC(c1ccccc1)n1cc(F)c(=O)[nH]c1=O. The van der Waals surface area contributed by atoms with Gasteiger partial charge in [0.15, 0.2) is 13.0 Å². The van der Waals surface area contributed by atoms with Crippen molar-refractivity contribution in [2.45, 2.75) is 13.2 Å². The minimum atomic E-state index is -1.13. The standard InChI is InChI=1S/C14H13FN2O5/c1-9(18)21-8-22-13(10-5-3-2-4-6-10)17-7-11(15)12(19)16-14(17)20/h2-7,13H,8H2,1H3,(H,16,19,20). The van der Waals surface area contributed by atoms with Gasteiger partial charge in [-0.15, -0.1) is 0 Å². The Bertz CT molecular complexity index is 769. The highest BCUT2D eigenvalue weighted by Gasteiger charge is 2.18. The summed E-state index contributed by atoms with van der Waals surface area (Å²) >= 11 is 0. The van der Waals surface area contributed by atoms with Crippen LogP contribution in [0.15, 0.2) is 46.1 Å². The highest BCUT2D eigenvalue weighted by molar-refractivity contribution is 5.65. The highest BCUT2D eigenvalue weighted by atomic mass is 19.1. The molecule has 0 saturated carbocycles. The van der Waals surface area contributed by atoms with E-state index in [1.807, 2.05) is 4.98 Å². The largest absolute Gasteiger partial charge is 0.439 e. The van der Waals surface area contributed by atoms with E-state index < -0.39 is 36.1 Å². The maximum absolute atomic E-state index is 13.4. The number of carbonyl (C=O) groups is 1. The Hall–Kier alpha value is -2.74. The third-order valence-electron chi connectivity index (χ3n) is 2.75. The van der Waals surface area contributed by atoms with E-state index in [2.05, 4.69) is 4.74 Å². The van der Waals surface area contributed by atoms with Crippen LogP contribution < -0.4 is 11.2 Å². The van der Waals surface area contributed by atoms with Gasteiger partial charge in [0, 0.05) is 12.5 Å². The number of nitrogens with zero attached hydrogens (tertiary/aromatic N) is 1. The fourth-order valence-corrected chi connectivity index (χ4v) is 1.77. The Morgan fingerprint density at radius 1 is 1.32 bits per heavy atom. The third kappa shape index (κ3) is 3.67. The Morgan fingerprint density at radius 2 is 2.00 bits per heavy atom. The van der Waals surface area contributed by atoms with Gasteiger partial charge in [0.25, 0.3) is 5.56 Å². The van der Waals surface area contributed by atoms with Crippen LogP contribution in [0.3, 0.4) is 0 Å². The minimum Gasteiger partial charge on any atom is -0.439 e. The zero-order chi connectivity index (χ0) is 16.1. The molecule has 1 N–H and O–H groups in total. The molecule has 0 bridgehead atoms. The molecule has 116 valence electrons. The molecular formula is C14H13FN2O5. The average molecular weight is 308 g/mol. The smallest absolute Gasteiger partial charge is 0.330 e. The molecule has 2 aromatic rings. The lowest BCUT2D eigenvalue weighted by molar-refractivity contribution is -0.160. The van der Waals surface area contributed by atoms with Crippen molar-refractivity contribution in [3.05, 3.63) is 68.7 Å². The number of halogens is 1. The topological polar surface area (TPSA) is 90.4 Å². The highest BCUT2D eigenvalue weighted by Crippen LogP contribution is 2.17. The molecule has 1 heterocycles. The molecule has 0 saturated heterocycles. The van der Waals surface area contributed by atoms with E-state index in [1.54, 1.807) is 30.3 Å². The molecule has 0 aliphatic carbocycles. The van der Waals surface area contributed by atoms with Gasteiger partial charge in [0.1, 0.15) is 0 Å². The van der Waals surface area contributed by atoms with Crippen molar-refractivity contribution >= 4 is 5.97 Å². The maximum Gasteiger partial charge on any atom is 0.330 e. The first-order chi connectivity index (χ1) is 10.5. The third-order valence-corrected chi connectivity index (χ3v) is 2.75. The lowest BCUT2D eigenvalue weighted by atomic mass is 10.2. The first-order valence-electron chi connectivity index (χ1n) is 6.30. The Balaban J connectivity index is 2.40. The molecule has 8 heteroatoms. The number of aromatic nitrogens is 2. The molecule has 0 fully saturated rings. The van der Waals surface area contributed by atoms with Crippen molar-refractivity contribution in [1.82, 2.24) is 9.55 Å². The van der Waals surface area contributed by atoms with Gasteiger partial charge in [0.2, 0.25) is 5.82 Å². The summed E-state index contributed by atoms with van der Waals surface area (Å²) in [5.41, 5.74) is -1.45. The van der Waals surface area contributed by atoms with Crippen molar-refractivity contribution < 1.29 is 18.7 Å². The zero-order valence-corrected chi connectivity index (χ0v) is 11.6. The summed E-state index contributed by atoms with van der Waals surface area (Å²) in [5, 5.41) is 0. The number of nitrogens with one attached hydrogen (secondary N) is 1. The second kappa shape index (κ2) is 6.81. The number of esters is 1. The summed E-state index contributed by atoms with van der Waals surface area (Å²) in [6, 6.07) is 8.44. The second-order valence-electron chi connectivity index (χ2n) is 4.33. The first kappa shape index (κ1) is 15.6. The summed E-state index contributed by atoms with van der Waals surface area (Å²) in [6.45, 7) is 0.773. The Kier molecular flexibility index (Phi) is 4.84. The molecule has 0 aliphatic rings. The van der Waals surface area contributed by atoms with E-state index in [0.29, 0.717) is 5.56 Å². The number of benzene rings is 1. The van der Waals surface area contributed by atoms with E-state index in [0.717, 1.165) is 10.8 Å². The molecule has 7 nitrogen and oxygen atoms in total. The lowest BCUT2D eigenvalue weighted by Gasteiger charge is -2.20. The number of hydrogen-bond donors (Lipinski definition) is 1. The zero-order valence-electron chi connectivity index (χ0n) is 11.6. The number of H-pyrrole nitrogens is 1. The Morgan fingerprint density at radius 3 is 2.64 bits per heavy atom. The van der Waals surface area contributed by atoms with Gasteiger partial charge in [-0.3, -0.25) is 19.1 Å². The van der Waals surface area contributed by atoms with Crippen LogP contribution in [0, 0.1) is 5.82 Å². The average Bonchev–Trinajstić information content (AvgIpc) is 2.48. The summed E-state index contributed by atoms with van der Waals surface area (Å²) < 4.78 is 24.3. The van der Waals surface area contributed by atoms with Crippen LogP contribution in [0.4, 0.5) is 4.39 Å². The van der Waals surface area contributed by atoms with Crippen LogP contribution in [0.25, 0.3) is 0 Å². The molecule has 0 amide bonds. The fraction of sp³-hybridized carbons (Fsp3) is 0.214. The number of aromatic amines is 1. The molecule has 2 rings (SSSR count). The van der Waals surface area contributed by atoms with E-state index in [-0.39, 0.29) is 0 Å². The van der Waals surface area contributed by atoms with Crippen LogP contribution in [-0.2, 0) is 14.3 Å². The molecule has 1 atom stereocenters. The van der Waals surface area contributed by atoms with Crippen LogP contribution in [0.1, 0.15) is 18.7 Å². The molecule has 0 spiro atoms. The maximum atomic E-state index is 13.4. The molecule has 0 radical (unpaired) electrons. The van der Waals surface area contributed by atoms with E-state index in [4.69, 9.17) is 4.74 Å².